The third-order valence-corrected chi connectivity index (χ3v) is 3.42. The number of carbonyl (C=O) groups excluding carboxylic acids is 1. The van der Waals surface area contributed by atoms with E-state index in [1.807, 2.05) is 29.1 Å². The molecule has 3 heteroatoms. The first-order chi connectivity index (χ1) is 8.84. The van der Waals surface area contributed by atoms with Crippen molar-refractivity contribution in [2.75, 3.05) is 6.54 Å². The van der Waals surface area contributed by atoms with Crippen molar-refractivity contribution in [2.45, 2.75) is 45.1 Å². The number of nitrogens with one attached hydrogen (secondary N) is 1. The van der Waals surface area contributed by atoms with Gasteiger partial charge in [-0.05, 0) is 44.2 Å². The Hall–Kier alpha value is -1.51. The molecule has 0 fully saturated rings. The van der Waals surface area contributed by atoms with Gasteiger partial charge in [0, 0.05) is 31.9 Å². The fourth-order valence-corrected chi connectivity index (χ4v) is 2.33. The number of amides is 1. The summed E-state index contributed by atoms with van der Waals surface area (Å²) in [6.45, 7) is 1.55. The molecule has 1 aliphatic carbocycles. The summed E-state index contributed by atoms with van der Waals surface area (Å²) in [5.41, 5.74) is 1.52. The molecule has 3 nitrogen and oxygen atoms in total. The predicted octanol–water partition coefficient (Wildman–Crippen LogP) is 2.88. The van der Waals surface area contributed by atoms with E-state index in [1.165, 1.54) is 31.3 Å². The van der Waals surface area contributed by atoms with Gasteiger partial charge in [0.15, 0.2) is 0 Å². The molecule has 2 rings (SSSR count). The van der Waals surface area contributed by atoms with Crippen molar-refractivity contribution in [3.8, 4) is 0 Å². The van der Waals surface area contributed by atoms with E-state index in [-0.39, 0.29) is 5.91 Å². The lowest BCUT2D eigenvalue weighted by Crippen LogP contribution is -2.25. The molecule has 1 aromatic rings. The summed E-state index contributed by atoms with van der Waals surface area (Å²) in [4.78, 5) is 11.6. The number of aryl methyl sites for hydroxylation is 1. The minimum atomic E-state index is 0.153. The first-order valence-corrected chi connectivity index (χ1v) is 6.90. The monoisotopic (exact) mass is 246 g/mol. The molecule has 98 valence electrons. The van der Waals surface area contributed by atoms with E-state index >= 15 is 0 Å². The number of hydrogen-bond acceptors (Lipinski definition) is 1. The summed E-state index contributed by atoms with van der Waals surface area (Å²) in [5, 5.41) is 3.00. The van der Waals surface area contributed by atoms with Crippen LogP contribution in [0.25, 0.3) is 0 Å². The van der Waals surface area contributed by atoms with Crippen LogP contribution in [0.3, 0.4) is 0 Å². The van der Waals surface area contributed by atoms with Crippen LogP contribution in [0, 0.1) is 0 Å². The fraction of sp³-hybridized carbons (Fsp3) is 0.533. The van der Waals surface area contributed by atoms with E-state index in [9.17, 15) is 4.79 Å². The Balaban J connectivity index is 1.58. The Morgan fingerprint density at radius 3 is 2.83 bits per heavy atom. The normalized spacial score (nSPS) is 15.2. The molecule has 0 aromatic carbocycles. The molecule has 0 atom stereocenters. The SMILES string of the molecule is O=C(CCn1cccc1)NCCC1=CCCCC1. The minimum Gasteiger partial charge on any atom is -0.356 e. The lowest BCUT2D eigenvalue weighted by molar-refractivity contribution is -0.121. The Labute approximate surface area is 109 Å². The molecule has 0 saturated heterocycles. The number of hydrogen-bond donors (Lipinski definition) is 1. The molecule has 1 N–H and O–H groups in total. The van der Waals surface area contributed by atoms with Crippen LogP contribution >= 0.6 is 0 Å². The van der Waals surface area contributed by atoms with Crippen LogP contribution in [0.5, 0.6) is 0 Å². The molecule has 0 bridgehead atoms. The zero-order valence-corrected chi connectivity index (χ0v) is 10.9. The lowest BCUT2D eigenvalue weighted by atomic mass is 9.97. The van der Waals surface area contributed by atoms with Gasteiger partial charge in [0.05, 0.1) is 0 Å². The number of allylic oxidation sites excluding steroid dienone is 1. The second kappa shape index (κ2) is 7.04. The first-order valence-electron chi connectivity index (χ1n) is 6.90. The Bertz CT molecular complexity index is 393. The standard InChI is InChI=1S/C15H22N2O/c18-15(9-13-17-11-4-5-12-17)16-10-8-14-6-2-1-3-7-14/h4-6,11-12H,1-3,7-10,13H2,(H,16,18). The molecule has 1 amide bonds. The molecule has 18 heavy (non-hydrogen) atoms. The van der Waals surface area contributed by atoms with Gasteiger partial charge in [-0.2, -0.15) is 0 Å². The van der Waals surface area contributed by atoms with E-state index in [0.717, 1.165) is 19.5 Å². The average Bonchev–Trinajstić information content (AvgIpc) is 2.91. The molecular formula is C15H22N2O. The Morgan fingerprint density at radius 1 is 1.28 bits per heavy atom. The van der Waals surface area contributed by atoms with Gasteiger partial charge in [-0.15, -0.1) is 0 Å². The van der Waals surface area contributed by atoms with E-state index in [4.69, 9.17) is 0 Å². The first kappa shape index (κ1) is 12.9. The van der Waals surface area contributed by atoms with Gasteiger partial charge in [-0.1, -0.05) is 11.6 Å². The van der Waals surface area contributed by atoms with Crippen LogP contribution in [0.15, 0.2) is 36.2 Å². The molecule has 0 saturated carbocycles. The highest BCUT2D eigenvalue weighted by molar-refractivity contribution is 5.75. The summed E-state index contributed by atoms with van der Waals surface area (Å²) >= 11 is 0. The average molecular weight is 246 g/mol. The summed E-state index contributed by atoms with van der Waals surface area (Å²) in [6, 6.07) is 3.96. The van der Waals surface area contributed by atoms with Crippen molar-refractivity contribution in [3.63, 3.8) is 0 Å². The third kappa shape index (κ3) is 4.40. The number of carbonyl (C=O) groups is 1. The van der Waals surface area contributed by atoms with E-state index in [0.29, 0.717) is 6.42 Å². The highest BCUT2D eigenvalue weighted by Gasteiger charge is 2.05. The van der Waals surface area contributed by atoms with Crippen molar-refractivity contribution in [1.29, 1.82) is 0 Å². The number of nitrogens with zero attached hydrogens (tertiary/aromatic N) is 1. The predicted molar refractivity (Wildman–Crippen MR) is 73.2 cm³/mol. The fourth-order valence-electron chi connectivity index (χ4n) is 2.33. The summed E-state index contributed by atoms with van der Waals surface area (Å²) in [5.74, 6) is 0.153. The Kier molecular flexibility index (Phi) is 5.06. The smallest absolute Gasteiger partial charge is 0.221 e. The molecule has 0 spiro atoms. The highest BCUT2D eigenvalue weighted by atomic mass is 16.1. The van der Waals surface area contributed by atoms with Crippen LogP contribution < -0.4 is 5.32 Å². The van der Waals surface area contributed by atoms with Crippen LogP contribution in [0.4, 0.5) is 0 Å². The van der Waals surface area contributed by atoms with E-state index in [2.05, 4.69) is 11.4 Å². The molecule has 0 radical (unpaired) electrons. The van der Waals surface area contributed by atoms with Crippen LogP contribution in [0.1, 0.15) is 38.5 Å². The molecule has 0 aliphatic heterocycles. The zero-order valence-electron chi connectivity index (χ0n) is 10.9. The lowest BCUT2D eigenvalue weighted by Gasteiger charge is -2.13. The van der Waals surface area contributed by atoms with Crippen molar-refractivity contribution >= 4 is 5.91 Å². The molecule has 1 aliphatic rings. The van der Waals surface area contributed by atoms with Gasteiger partial charge in [0.1, 0.15) is 0 Å². The molecular weight excluding hydrogens is 224 g/mol. The molecule has 1 aromatic heterocycles. The maximum atomic E-state index is 11.6. The van der Waals surface area contributed by atoms with Crippen molar-refractivity contribution < 1.29 is 4.79 Å². The number of aromatic nitrogens is 1. The second-order valence-corrected chi connectivity index (χ2v) is 4.88. The van der Waals surface area contributed by atoms with Gasteiger partial charge in [-0.25, -0.2) is 0 Å². The van der Waals surface area contributed by atoms with Gasteiger partial charge in [0.2, 0.25) is 5.91 Å². The van der Waals surface area contributed by atoms with E-state index in [1.54, 1.807) is 0 Å². The van der Waals surface area contributed by atoms with Crippen molar-refractivity contribution in [3.05, 3.63) is 36.2 Å². The van der Waals surface area contributed by atoms with Crippen molar-refractivity contribution in [1.82, 2.24) is 9.88 Å². The summed E-state index contributed by atoms with van der Waals surface area (Å²) < 4.78 is 2.03. The van der Waals surface area contributed by atoms with Gasteiger partial charge in [-0.3, -0.25) is 4.79 Å². The molecule has 1 heterocycles. The maximum Gasteiger partial charge on any atom is 0.221 e. The van der Waals surface area contributed by atoms with Gasteiger partial charge < -0.3 is 9.88 Å². The topological polar surface area (TPSA) is 34.0 Å². The van der Waals surface area contributed by atoms with Gasteiger partial charge in [0.25, 0.3) is 0 Å². The van der Waals surface area contributed by atoms with Crippen LogP contribution in [-0.4, -0.2) is 17.0 Å². The zero-order chi connectivity index (χ0) is 12.6. The highest BCUT2D eigenvalue weighted by Crippen LogP contribution is 2.19. The summed E-state index contributed by atoms with van der Waals surface area (Å²) in [7, 11) is 0. The van der Waals surface area contributed by atoms with E-state index < -0.39 is 0 Å². The third-order valence-electron chi connectivity index (χ3n) is 3.42. The van der Waals surface area contributed by atoms with Crippen LogP contribution in [0.2, 0.25) is 0 Å². The second-order valence-electron chi connectivity index (χ2n) is 4.88. The minimum absolute atomic E-state index is 0.153. The van der Waals surface area contributed by atoms with Crippen LogP contribution in [-0.2, 0) is 11.3 Å². The Morgan fingerprint density at radius 2 is 2.11 bits per heavy atom. The maximum absolute atomic E-state index is 11.6. The van der Waals surface area contributed by atoms with Gasteiger partial charge >= 0.3 is 0 Å². The van der Waals surface area contributed by atoms with Crippen molar-refractivity contribution in [2.24, 2.45) is 0 Å². The molecule has 0 unspecified atom stereocenters. The summed E-state index contributed by atoms with van der Waals surface area (Å²) in [6.07, 6.45) is 13.0. The quantitative estimate of drug-likeness (QED) is 0.769. The largest absolute Gasteiger partial charge is 0.356 e. The number of rotatable bonds is 6.